The van der Waals surface area contributed by atoms with Crippen molar-refractivity contribution in [3.63, 3.8) is 0 Å². The van der Waals surface area contributed by atoms with Gasteiger partial charge < -0.3 is 39.9 Å². The second-order valence-electron chi connectivity index (χ2n) is 16.7. The van der Waals surface area contributed by atoms with Crippen LogP contribution in [0.15, 0.2) is 75.9 Å². The maximum atomic E-state index is 13.5. The van der Waals surface area contributed by atoms with E-state index < -0.39 is 17.8 Å². The van der Waals surface area contributed by atoms with E-state index >= 15 is 0 Å². The molecule has 4 heterocycles. The number of carboxylic acids is 1. The Labute approximate surface area is 353 Å². The molecule has 13 nitrogen and oxygen atoms in total. The Hall–Kier alpha value is -5.99. The first-order valence-electron chi connectivity index (χ1n) is 20.3. The van der Waals surface area contributed by atoms with Crippen molar-refractivity contribution in [2.24, 2.45) is 23.3 Å². The zero-order chi connectivity index (χ0) is 42.1. The number of amides is 3. The number of aryl methyl sites for hydroxylation is 1. The number of morpholine rings is 1. The Kier molecular flexibility index (Phi) is 10.0. The highest BCUT2D eigenvalue weighted by Gasteiger charge is 2.30. The van der Waals surface area contributed by atoms with E-state index in [9.17, 15) is 24.3 Å². The molecule has 60 heavy (non-hydrogen) atoms. The van der Waals surface area contributed by atoms with Crippen LogP contribution in [-0.4, -0.2) is 73.3 Å². The number of carbonyl (C=O) groups is 4. The van der Waals surface area contributed by atoms with E-state index in [-0.39, 0.29) is 23.7 Å². The molecule has 2 aliphatic carbocycles. The van der Waals surface area contributed by atoms with Crippen LogP contribution in [0.25, 0.3) is 54.7 Å². The van der Waals surface area contributed by atoms with Gasteiger partial charge in [0.1, 0.15) is 6.26 Å². The van der Waals surface area contributed by atoms with Crippen molar-refractivity contribution < 1.29 is 33.5 Å². The number of rotatable bonds is 9. The largest absolute Gasteiger partial charge is 0.478 e. The molecule has 3 aliphatic rings. The van der Waals surface area contributed by atoms with Gasteiger partial charge >= 0.3 is 5.97 Å². The average Bonchev–Trinajstić information content (AvgIpc) is 4.13. The van der Waals surface area contributed by atoms with E-state index in [1.165, 1.54) is 0 Å². The van der Waals surface area contributed by atoms with Gasteiger partial charge in [-0.2, -0.15) is 0 Å². The fraction of sp³-hybridized carbons (Fsp3) is 0.326. The number of ether oxygens (including phenoxy) is 1. The van der Waals surface area contributed by atoms with Gasteiger partial charge in [0.05, 0.1) is 45.6 Å². The zero-order valence-corrected chi connectivity index (χ0v) is 35.1. The molecule has 308 valence electrons. The number of benzene rings is 4. The SMILES string of the molecule is Cc1nocc1-c1cc(C(N)=O)c2c(c1)c1ccc(C(=O)N3C[C@@H](C)O[C@@H](C)C3)cc1n2CC1CC1.NC(=O)c1cc(Br)cc2c3ccc(C(=O)O)cc3n(CC3CC3)c12. The molecule has 4 aromatic carbocycles. The number of aromatic nitrogens is 3. The summed E-state index contributed by atoms with van der Waals surface area (Å²) in [5.74, 6) is -0.802. The van der Waals surface area contributed by atoms with E-state index in [0.29, 0.717) is 41.6 Å². The lowest BCUT2D eigenvalue weighted by molar-refractivity contribution is -0.0586. The maximum Gasteiger partial charge on any atom is 0.335 e. The third-order valence-electron chi connectivity index (χ3n) is 11.9. The zero-order valence-electron chi connectivity index (χ0n) is 33.5. The Morgan fingerprint density at radius 2 is 1.28 bits per heavy atom. The molecule has 0 radical (unpaired) electrons. The molecule has 0 unspecified atom stereocenters. The molecule has 3 fully saturated rings. The van der Waals surface area contributed by atoms with Crippen LogP contribution in [0, 0.1) is 18.8 Å². The number of halogens is 1. The lowest BCUT2D eigenvalue weighted by Gasteiger charge is -2.35. The predicted octanol–water partition coefficient (Wildman–Crippen LogP) is 8.28. The number of hydrogen-bond acceptors (Lipinski definition) is 7. The van der Waals surface area contributed by atoms with E-state index in [1.807, 2.05) is 62.1 Å². The van der Waals surface area contributed by atoms with Crippen LogP contribution in [0.2, 0.25) is 0 Å². The van der Waals surface area contributed by atoms with Gasteiger partial charge in [-0.1, -0.05) is 33.2 Å². The molecule has 0 spiro atoms. The number of hydrogen-bond donors (Lipinski definition) is 3. The second-order valence-corrected chi connectivity index (χ2v) is 17.6. The van der Waals surface area contributed by atoms with E-state index in [4.69, 9.17) is 20.7 Å². The monoisotopic (exact) mass is 872 g/mol. The Balaban J connectivity index is 0.000000167. The van der Waals surface area contributed by atoms with Crippen molar-refractivity contribution in [2.75, 3.05) is 13.1 Å². The van der Waals surface area contributed by atoms with Gasteiger partial charge in [-0.25, -0.2) is 4.79 Å². The highest BCUT2D eigenvalue weighted by atomic mass is 79.9. The van der Waals surface area contributed by atoms with Gasteiger partial charge in [0.25, 0.3) is 17.7 Å². The van der Waals surface area contributed by atoms with E-state index in [1.54, 1.807) is 24.5 Å². The summed E-state index contributed by atoms with van der Waals surface area (Å²) in [5, 5.41) is 17.1. The smallest absolute Gasteiger partial charge is 0.335 e. The van der Waals surface area contributed by atoms with Crippen molar-refractivity contribution in [3.05, 3.63) is 99.3 Å². The molecule has 2 saturated carbocycles. The number of carbonyl (C=O) groups excluding carboxylic acids is 3. The molecule has 5 N–H and O–H groups in total. The number of aromatic carboxylic acids is 1. The number of nitrogens with two attached hydrogens (primary N) is 2. The molecule has 14 heteroatoms. The minimum Gasteiger partial charge on any atom is -0.478 e. The van der Waals surface area contributed by atoms with Crippen LogP contribution in [0.3, 0.4) is 0 Å². The number of carboxylic acid groups (broad SMARTS) is 1. The lowest BCUT2D eigenvalue weighted by atomic mass is 9.99. The lowest BCUT2D eigenvalue weighted by Crippen LogP contribution is -2.48. The summed E-state index contributed by atoms with van der Waals surface area (Å²) in [6, 6.07) is 18.5. The summed E-state index contributed by atoms with van der Waals surface area (Å²) in [6.07, 6.45) is 6.22. The van der Waals surface area contributed by atoms with Crippen LogP contribution < -0.4 is 11.5 Å². The standard InChI is InChI=1S/C28H30N4O4.C18H15BrN2O3/c1-15-11-31(12-16(2)36-15)28(34)19-6-7-21-22-8-20(24-14-35-30-17(24)3)9-23(27(29)33)26(22)32(25(21)10-19)13-18-4-5-18;19-11-6-13-12-4-3-10(18(23)24)5-15(12)21(8-9-1-2-9)16(13)14(7-11)17(20)22/h6-10,14-16,18H,4-5,11-13H2,1-3H3,(H2,29,33);3-7,9H,1-2,8H2,(H2,20,22)(H,23,24)/t15-,16+;. The molecule has 7 aromatic rings. The minimum absolute atomic E-state index is 0.000149. The summed E-state index contributed by atoms with van der Waals surface area (Å²) in [6.45, 7) is 8.55. The van der Waals surface area contributed by atoms with Crippen LogP contribution >= 0.6 is 15.9 Å². The van der Waals surface area contributed by atoms with Gasteiger partial charge in [0, 0.05) is 74.4 Å². The summed E-state index contributed by atoms with van der Waals surface area (Å²) >= 11 is 3.44. The van der Waals surface area contributed by atoms with Gasteiger partial charge in [-0.05, 0) is 112 Å². The minimum atomic E-state index is -0.962. The fourth-order valence-electron chi connectivity index (χ4n) is 8.82. The summed E-state index contributed by atoms with van der Waals surface area (Å²) < 4.78 is 16.0. The maximum absolute atomic E-state index is 13.5. The normalized spacial score (nSPS) is 18.0. The van der Waals surface area contributed by atoms with Crippen molar-refractivity contribution >= 4 is 83.2 Å². The Bertz CT molecular complexity index is 2910. The van der Waals surface area contributed by atoms with E-state index in [0.717, 1.165) is 104 Å². The Morgan fingerprint density at radius 3 is 1.80 bits per heavy atom. The molecular formula is C46H45BrN6O7. The highest BCUT2D eigenvalue weighted by Crippen LogP contribution is 2.41. The summed E-state index contributed by atoms with van der Waals surface area (Å²) in [5.41, 5.74) is 19.1. The number of primary amides is 2. The first-order valence-corrected chi connectivity index (χ1v) is 21.1. The molecule has 3 amide bonds. The van der Waals surface area contributed by atoms with E-state index in [2.05, 4.69) is 36.3 Å². The summed E-state index contributed by atoms with van der Waals surface area (Å²) in [7, 11) is 0. The molecule has 3 aromatic heterocycles. The molecular weight excluding hydrogens is 828 g/mol. The van der Waals surface area contributed by atoms with Crippen molar-refractivity contribution in [2.45, 2.75) is 71.8 Å². The van der Waals surface area contributed by atoms with Crippen LogP contribution in [-0.2, 0) is 17.8 Å². The topological polar surface area (TPSA) is 189 Å². The first-order chi connectivity index (χ1) is 28.7. The van der Waals surface area contributed by atoms with Gasteiger partial charge in [0.15, 0.2) is 0 Å². The van der Waals surface area contributed by atoms with Gasteiger partial charge in [-0.15, -0.1) is 0 Å². The van der Waals surface area contributed by atoms with Gasteiger partial charge in [-0.3, -0.25) is 14.4 Å². The highest BCUT2D eigenvalue weighted by molar-refractivity contribution is 9.10. The van der Waals surface area contributed by atoms with Crippen molar-refractivity contribution in [1.29, 1.82) is 0 Å². The van der Waals surface area contributed by atoms with Crippen LogP contribution in [0.4, 0.5) is 0 Å². The van der Waals surface area contributed by atoms with Crippen molar-refractivity contribution in [1.82, 2.24) is 19.2 Å². The van der Waals surface area contributed by atoms with Gasteiger partial charge in [0.2, 0.25) is 0 Å². The molecule has 1 aliphatic heterocycles. The molecule has 0 bridgehead atoms. The number of nitrogens with zero attached hydrogens (tertiary/aromatic N) is 4. The van der Waals surface area contributed by atoms with Crippen LogP contribution in [0.5, 0.6) is 0 Å². The predicted molar refractivity (Wildman–Crippen MR) is 232 cm³/mol. The first kappa shape index (κ1) is 39.5. The average molecular weight is 874 g/mol. The number of fused-ring (bicyclic) bond motifs is 6. The third kappa shape index (κ3) is 7.32. The van der Waals surface area contributed by atoms with Crippen LogP contribution in [0.1, 0.15) is 86.7 Å². The summed E-state index contributed by atoms with van der Waals surface area (Å²) in [4.78, 5) is 51.4. The van der Waals surface area contributed by atoms with Crippen molar-refractivity contribution in [3.8, 4) is 11.1 Å². The molecule has 2 atom stereocenters. The fourth-order valence-corrected chi connectivity index (χ4v) is 9.28. The Morgan fingerprint density at radius 1 is 0.750 bits per heavy atom. The third-order valence-corrected chi connectivity index (χ3v) is 12.4. The quantitative estimate of drug-likeness (QED) is 0.129. The second kappa shape index (κ2) is 15.2. The molecule has 1 saturated heterocycles. The molecule has 10 rings (SSSR count).